The molecular weight excluding hydrogens is 412 g/mol. The van der Waals surface area contributed by atoms with E-state index in [9.17, 15) is 4.79 Å². The standard InChI is InChI=1S/C24H27ClN4O2/c1-4-21-17(3)26-24-28(19-10-12-20(13-11-19)31-5-2)15-27(16-29(24)23(21)30)14-18-8-6-7-9-22(18)25/h6-13H,4-5,14-16H2,1-3H3. The molecule has 1 aliphatic rings. The molecule has 31 heavy (non-hydrogen) atoms. The first-order valence-electron chi connectivity index (χ1n) is 10.6. The molecule has 0 spiro atoms. The van der Waals surface area contributed by atoms with Crippen molar-refractivity contribution in [3.8, 4) is 5.75 Å². The van der Waals surface area contributed by atoms with E-state index in [0.29, 0.717) is 38.9 Å². The molecule has 4 rings (SSSR count). The molecule has 7 heteroatoms. The van der Waals surface area contributed by atoms with Gasteiger partial charge in [-0.05, 0) is 56.2 Å². The third-order valence-electron chi connectivity index (χ3n) is 5.54. The van der Waals surface area contributed by atoms with Crippen LogP contribution in [0.15, 0.2) is 53.3 Å². The summed E-state index contributed by atoms with van der Waals surface area (Å²) in [5.74, 6) is 1.48. The van der Waals surface area contributed by atoms with Gasteiger partial charge in [-0.3, -0.25) is 19.2 Å². The van der Waals surface area contributed by atoms with Crippen LogP contribution in [0, 0.1) is 6.92 Å². The second kappa shape index (κ2) is 9.12. The molecule has 1 aliphatic heterocycles. The molecule has 0 radical (unpaired) electrons. The van der Waals surface area contributed by atoms with Gasteiger partial charge in [0.25, 0.3) is 5.56 Å². The number of aryl methyl sites for hydroxylation is 1. The van der Waals surface area contributed by atoms with Crippen LogP contribution in [0.4, 0.5) is 11.6 Å². The van der Waals surface area contributed by atoms with Gasteiger partial charge in [0.1, 0.15) is 5.75 Å². The molecule has 0 fully saturated rings. The molecule has 162 valence electrons. The molecular formula is C24H27ClN4O2. The number of nitrogens with zero attached hydrogens (tertiary/aromatic N) is 4. The molecule has 0 aliphatic carbocycles. The van der Waals surface area contributed by atoms with Crippen LogP contribution in [0.25, 0.3) is 0 Å². The van der Waals surface area contributed by atoms with Crippen molar-refractivity contribution in [1.82, 2.24) is 14.5 Å². The molecule has 0 saturated carbocycles. The third kappa shape index (κ3) is 4.31. The molecule has 0 saturated heterocycles. The average molecular weight is 439 g/mol. The number of halogens is 1. The largest absolute Gasteiger partial charge is 0.494 e. The van der Waals surface area contributed by atoms with Crippen LogP contribution in [-0.4, -0.2) is 27.7 Å². The van der Waals surface area contributed by atoms with Gasteiger partial charge in [0, 0.05) is 28.5 Å². The molecule has 0 atom stereocenters. The van der Waals surface area contributed by atoms with Crippen LogP contribution in [-0.2, 0) is 19.6 Å². The van der Waals surface area contributed by atoms with E-state index in [-0.39, 0.29) is 5.56 Å². The van der Waals surface area contributed by atoms with Crippen LogP contribution < -0.4 is 15.2 Å². The molecule has 0 amide bonds. The van der Waals surface area contributed by atoms with Gasteiger partial charge < -0.3 is 4.74 Å². The Morgan fingerprint density at radius 1 is 1.06 bits per heavy atom. The highest BCUT2D eigenvalue weighted by atomic mass is 35.5. The number of hydrogen-bond donors (Lipinski definition) is 0. The zero-order chi connectivity index (χ0) is 22.0. The second-order valence-corrected chi connectivity index (χ2v) is 8.03. The Kier molecular flexibility index (Phi) is 6.30. The highest BCUT2D eigenvalue weighted by Crippen LogP contribution is 2.30. The molecule has 2 aromatic carbocycles. The minimum atomic E-state index is 0.0183. The molecule has 2 heterocycles. The van der Waals surface area contributed by atoms with E-state index >= 15 is 0 Å². The molecule has 0 unspecified atom stereocenters. The van der Waals surface area contributed by atoms with Crippen LogP contribution in [0.2, 0.25) is 5.02 Å². The zero-order valence-electron chi connectivity index (χ0n) is 18.1. The lowest BCUT2D eigenvalue weighted by molar-refractivity contribution is 0.190. The lowest BCUT2D eigenvalue weighted by Crippen LogP contribution is -2.47. The summed E-state index contributed by atoms with van der Waals surface area (Å²) in [4.78, 5) is 22.4. The highest BCUT2D eigenvalue weighted by molar-refractivity contribution is 6.31. The Bertz CT molecular complexity index is 1130. The first-order valence-corrected chi connectivity index (χ1v) is 11.0. The monoisotopic (exact) mass is 438 g/mol. The number of hydrogen-bond acceptors (Lipinski definition) is 5. The Labute approximate surface area is 187 Å². The van der Waals surface area contributed by atoms with E-state index in [1.54, 1.807) is 4.57 Å². The fourth-order valence-electron chi connectivity index (χ4n) is 3.99. The van der Waals surface area contributed by atoms with E-state index in [2.05, 4.69) is 9.80 Å². The van der Waals surface area contributed by atoms with E-state index < -0.39 is 0 Å². The van der Waals surface area contributed by atoms with Crippen molar-refractivity contribution < 1.29 is 4.74 Å². The van der Waals surface area contributed by atoms with Crippen LogP contribution in [0.3, 0.4) is 0 Å². The summed E-state index contributed by atoms with van der Waals surface area (Å²) in [5, 5.41) is 0.726. The minimum absolute atomic E-state index is 0.0183. The lowest BCUT2D eigenvalue weighted by Gasteiger charge is -2.38. The Balaban J connectivity index is 1.76. The zero-order valence-corrected chi connectivity index (χ0v) is 18.9. The Morgan fingerprint density at radius 3 is 2.48 bits per heavy atom. The van der Waals surface area contributed by atoms with Gasteiger partial charge >= 0.3 is 0 Å². The molecule has 1 aromatic heterocycles. The van der Waals surface area contributed by atoms with Gasteiger partial charge in [-0.25, -0.2) is 4.98 Å². The summed E-state index contributed by atoms with van der Waals surface area (Å²) in [6.07, 6.45) is 0.658. The van der Waals surface area contributed by atoms with E-state index in [4.69, 9.17) is 21.3 Å². The maximum Gasteiger partial charge on any atom is 0.259 e. The van der Waals surface area contributed by atoms with Gasteiger partial charge in [0.15, 0.2) is 0 Å². The van der Waals surface area contributed by atoms with Crippen molar-refractivity contribution in [2.45, 2.75) is 40.4 Å². The summed E-state index contributed by atoms with van der Waals surface area (Å²) in [6, 6.07) is 15.7. The molecule has 6 nitrogen and oxygen atoms in total. The fourth-order valence-corrected chi connectivity index (χ4v) is 4.18. The van der Waals surface area contributed by atoms with Crippen molar-refractivity contribution in [2.75, 3.05) is 18.2 Å². The molecule has 0 bridgehead atoms. The number of anilines is 2. The highest BCUT2D eigenvalue weighted by Gasteiger charge is 2.28. The summed E-state index contributed by atoms with van der Waals surface area (Å²) in [7, 11) is 0. The number of rotatable bonds is 6. The predicted molar refractivity (Wildman–Crippen MR) is 124 cm³/mol. The Hall–Kier alpha value is -2.83. The summed E-state index contributed by atoms with van der Waals surface area (Å²) < 4.78 is 7.35. The maximum absolute atomic E-state index is 13.3. The summed E-state index contributed by atoms with van der Waals surface area (Å²) in [5.41, 5.74) is 3.55. The van der Waals surface area contributed by atoms with Crippen molar-refractivity contribution in [3.05, 3.63) is 80.7 Å². The topological polar surface area (TPSA) is 50.6 Å². The lowest BCUT2D eigenvalue weighted by atomic mass is 10.2. The van der Waals surface area contributed by atoms with Crippen LogP contribution in [0.1, 0.15) is 30.7 Å². The average Bonchev–Trinajstić information content (AvgIpc) is 2.77. The SMILES string of the molecule is CCOc1ccc(N2CN(Cc3ccccc3Cl)Cn3c2nc(C)c(CC)c3=O)cc1. The molecule has 3 aromatic rings. The van der Waals surface area contributed by atoms with E-state index in [1.807, 2.05) is 69.3 Å². The maximum atomic E-state index is 13.3. The summed E-state index contributed by atoms with van der Waals surface area (Å²) in [6.45, 7) is 8.18. The van der Waals surface area contributed by atoms with Crippen molar-refractivity contribution >= 4 is 23.2 Å². The first-order chi connectivity index (χ1) is 15.0. The van der Waals surface area contributed by atoms with E-state index in [0.717, 1.165) is 33.3 Å². The van der Waals surface area contributed by atoms with Gasteiger partial charge in [-0.15, -0.1) is 0 Å². The number of aromatic nitrogens is 2. The van der Waals surface area contributed by atoms with Gasteiger partial charge in [0.2, 0.25) is 5.95 Å². The van der Waals surface area contributed by atoms with E-state index in [1.165, 1.54) is 0 Å². The predicted octanol–water partition coefficient (Wildman–Crippen LogP) is 4.74. The fraction of sp³-hybridized carbons (Fsp3) is 0.333. The molecule has 0 N–H and O–H groups in total. The third-order valence-corrected chi connectivity index (χ3v) is 5.91. The van der Waals surface area contributed by atoms with Crippen LogP contribution >= 0.6 is 11.6 Å². The number of ether oxygens (including phenoxy) is 1. The normalized spacial score (nSPS) is 13.9. The van der Waals surface area contributed by atoms with Gasteiger partial charge in [-0.2, -0.15) is 0 Å². The second-order valence-electron chi connectivity index (χ2n) is 7.62. The minimum Gasteiger partial charge on any atom is -0.494 e. The van der Waals surface area contributed by atoms with Crippen molar-refractivity contribution in [2.24, 2.45) is 0 Å². The van der Waals surface area contributed by atoms with Crippen molar-refractivity contribution in [1.29, 1.82) is 0 Å². The summed E-state index contributed by atoms with van der Waals surface area (Å²) >= 11 is 6.41. The quantitative estimate of drug-likeness (QED) is 0.556. The number of benzene rings is 2. The smallest absolute Gasteiger partial charge is 0.259 e. The van der Waals surface area contributed by atoms with Crippen molar-refractivity contribution in [3.63, 3.8) is 0 Å². The first kappa shape index (κ1) is 21.4. The number of fused-ring (bicyclic) bond motifs is 1. The Morgan fingerprint density at radius 2 is 1.81 bits per heavy atom. The van der Waals surface area contributed by atoms with Gasteiger partial charge in [0.05, 0.1) is 19.9 Å². The van der Waals surface area contributed by atoms with Gasteiger partial charge in [-0.1, -0.05) is 36.7 Å². The van der Waals surface area contributed by atoms with Crippen LogP contribution in [0.5, 0.6) is 5.75 Å².